The Balaban J connectivity index is 2.31. The van der Waals surface area contributed by atoms with Crippen LogP contribution in [0.15, 0.2) is 58.6 Å². The van der Waals surface area contributed by atoms with Crippen LogP contribution in [-0.4, -0.2) is 21.9 Å². The summed E-state index contributed by atoms with van der Waals surface area (Å²) in [6, 6.07) is 14.6. The highest BCUT2D eigenvalue weighted by Crippen LogP contribution is 2.33. The molecule has 3 rings (SSSR count). The highest BCUT2D eigenvalue weighted by Gasteiger charge is 2.14. The molecule has 0 radical (unpaired) electrons. The Bertz CT molecular complexity index is 705. The maximum absolute atomic E-state index is 4.85. The fraction of sp³-hybridized carbons (Fsp3) is 0.133. The number of nitrogens with zero attached hydrogens (tertiary/aromatic N) is 2. The minimum atomic E-state index is 1.04. The van der Waals surface area contributed by atoms with E-state index in [0.29, 0.717) is 0 Å². The number of aromatic nitrogens is 2. The second-order valence-corrected chi connectivity index (χ2v) is 5.75. The van der Waals surface area contributed by atoms with Crippen LogP contribution in [0.5, 0.6) is 0 Å². The van der Waals surface area contributed by atoms with E-state index in [2.05, 4.69) is 59.5 Å². The van der Waals surface area contributed by atoms with Gasteiger partial charge >= 0.3 is 0 Å². The van der Waals surface area contributed by atoms with Gasteiger partial charge in [0.15, 0.2) is 5.65 Å². The molecule has 0 aliphatic heterocycles. The first-order chi connectivity index (χ1) is 9.35. The first-order valence-electron chi connectivity index (χ1n) is 5.99. The fourth-order valence-electron chi connectivity index (χ4n) is 2.16. The molecular formula is C15H14N2S2. The zero-order chi connectivity index (χ0) is 13.2. The third kappa shape index (κ3) is 2.15. The van der Waals surface area contributed by atoms with Gasteiger partial charge in [0.1, 0.15) is 10.7 Å². The Kier molecular flexibility index (Phi) is 3.53. The molecule has 0 saturated heterocycles. The molecule has 4 heteroatoms. The Hall–Kier alpha value is -1.39. The van der Waals surface area contributed by atoms with Crippen molar-refractivity contribution < 1.29 is 0 Å². The van der Waals surface area contributed by atoms with Crippen LogP contribution in [0.3, 0.4) is 0 Å². The molecule has 2 nitrogen and oxygen atoms in total. The van der Waals surface area contributed by atoms with Crippen molar-refractivity contribution in [3.8, 4) is 11.3 Å². The maximum atomic E-state index is 4.85. The Morgan fingerprint density at radius 2 is 1.74 bits per heavy atom. The van der Waals surface area contributed by atoms with Crippen LogP contribution < -0.4 is 0 Å². The van der Waals surface area contributed by atoms with Gasteiger partial charge < -0.3 is 0 Å². The molecular weight excluding hydrogens is 272 g/mol. The van der Waals surface area contributed by atoms with Crippen LogP contribution in [0.25, 0.3) is 16.9 Å². The molecule has 2 heterocycles. The number of rotatable bonds is 3. The van der Waals surface area contributed by atoms with Crippen molar-refractivity contribution in [1.29, 1.82) is 0 Å². The highest BCUT2D eigenvalue weighted by molar-refractivity contribution is 7.99. The van der Waals surface area contributed by atoms with Gasteiger partial charge in [-0.15, -0.1) is 23.5 Å². The minimum Gasteiger partial charge on any atom is -0.293 e. The van der Waals surface area contributed by atoms with E-state index in [1.54, 1.807) is 23.5 Å². The summed E-state index contributed by atoms with van der Waals surface area (Å²) in [6.07, 6.45) is 6.27. The summed E-state index contributed by atoms with van der Waals surface area (Å²) in [5.41, 5.74) is 3.27. The molecule has 0 saturated carbocycles. The van der Waals surface area contributed by atoms with Gasteiger partial charge in [-0.05, 0) is 24.6 Å². The lowest BCUT2D eigenvalue weighted by atomic mass is 10.2. The van der Waals surface area contributed by atoms with Gasteiger partial charge in [0.2, 0.25) is 0 Å². The SMILES string of the molecule is CSc1cccn2c(SC)c(-c3ccccc3)nc12. The van der Waals surface area contributed by atoms with E-state index in [-0.39, 0.29) is 0 Å². The molecule has 0 aliphatic carbocycles. The third-order valence-corrected chi connectivity index (χ3v) is 4.57. The topological polar surface area (TPSA) is 17.3 Å². The largest absolute Gasteiger partial charge is 0.293 e. The minimum absolute atomic E-state index is 1.04. The lowest BCUT2D eigenvalue weighted by Crippen LogP contribution is -1.87. The van der Waals surface area contributed by atoms with E-state index >= 15 is 0 Å². The quantitative estimate of drug-likeness (QED) is 0.662. The van der Waals surface area contributed by atoms with Crippen LogP contribution >= 0.6 is 23.5 Å². The monoisotopic (exact) mass is 286 g/mol. The van der Waals surface area contributed by atoms with Gasteiger partial charge in [-0.1, -0.05) is 30.3 Å². The van der Waals surface area contributed by atoms with Crippen LogP contribution in [0, 0.1) is 0 Å². The van der Waals surface area contributed by atoms with E-state index in [4.69, 9.17) is 4.98 Å². The van der Waals surface area contributed by atoms with Crippen molar-refractivity contribution in [2.45, 2.75) is 9.92 Å². The van der Waals surface area contributed by atoms with Crippen molar-refractivity contribution in [2.75, 3.05) is 12.5 Å². The molecule has 0 unspecified atom stereocenters. The predicted molar refractivity (Wildman–Crippen MR) is 84.2 cm³/mol. The van der Waals surface area contributed by atoms with Crippen molar-refractivity contribution in [1.82, 2.24) is 9.38 Å². The van der Waals surface area contributed by atoms with E-state index in [9.17, 15) is 0 Å². The summed E-state index contributed by atoms with van der Waals surface area (Å²) in [4.78, 5) is 6.05. The summed E-state index contributed by atoms with van der Waals surface area (Å²) in [7, 11) is 0. The van der Waals surface area contributed by atoms with Crippen molar-refractivity contribution in [2.24, 2.45) is 0 Å². The number of thioether (sulfide) groups is 2. The van der Waals surface area contributed by atoms with Crippen molar-refractivity contribution in [3.05, 3.63) is 48.7 Å². The standard InChI is InChI=1S/C15H14N2S2/c1-18-12-9-6-10-17-14(12)16-13(15(17)19-2)11-7-4-3-5-8-11/h3-10H,1-2H3. The molecule has 0 fully saturated rings. The fourth-order valence-corrected chi connectivity index (χ4v) is 3.40. The average Bonchev–Trinajstić information content (AvgIpc) is 2.86. The molecule has 0 atom stereocenters. The number of imidazole rings is 1. The molecule has 96 valence electrons. The second-order valence-electron chi connectivity index (χ2n) is 4.11. The first kappa shape index (κ1) is 12.6. The zero-order valence-electron chi connectivity index (χ0n) is 10.8. The molecule has 0 bridgehead atoms. The van der Waals surface area contributed by atoms with Gasteiger partial charge in [-0.25, -0.2) is 4.98 Å². The number of benzene rings is 1. The number of hydrogen-bond donors (Lipinski definition) is 0. The van der Waals surface area contributed by atoms with Crippen molar-refractivity contribution >= 4 is 29.2 Å². The smallest absolute Gasteiger partial charge is 0.152 e. The number of hydrogen-bond acceptors (Lipinski definition) is 3. The molecule has 19 heavy (non-hydrogen) atoms. The van der Waals surface area contributed by atoms with Gasteiger partial charge in [-0.3, -0.25) is 4.40 Å². The Labute approximate surface area is 121 Å². The molecule has 0 aliphatic rings. The van der Waals surface area contributed by atoms with Crippen LogP contribution in [0.2, 0.25) is 0 Å². The van der Waals surface area contributed by atoms with Gasteiger partial charge in [0.05, 0.1) is 4.90 Å². The first-order valence-corrected chi connectivity index (χ1v) is 8.44. The summed E-state index contributed by atoms with van der Waals surface area (Å²) in [5, 5.41) is 1.19. The maximum Gasteiger partial charge on any atom is 0.152 e. The molecule has 1 aromatic carbocycles. The van der Waals surface area contributed by atoms with Crippen LogP contribution in [-0.2, 0) is 0 Å². The molecule has 2 aromatic heterocycles. The Morgan fingerprint density at radius 1 is 0.947 bits per heavy atom. The lowest BCUT2D eigenvalue weighted by Gasteiger charge is -2.02. The summed E-state index contributed by atoms with van der Waals surface area (Å²) in [5.74, 6) is 0. The van der Waals surface area contributed by atoms with Gasteiger partial charge in [-0.2, -0.15) is 0 Å². The number of pyridine rings is 1. The van der Waals surface area contributed by atoms with E-state index in [0.717, 1.165) is 11.3 Å². The summed E-state index contributed by atoms with van der Waals surface area (Å²) < 4.78 is 2.18. The average molecular weight is 286 g/mol. The van der Waals surface area contributed by atoms with Crippen LogP contribution in [0.4, 0.5) is 0 Å². The highest BCUT2D eigenvalue weighted by atomic mass is 32.2. The second kappa shape index (κ2) is 5.31. The molecule has 3 aromatic rings. The number of fused-ring (bicyclic) bond motifs is 1. The zero-order valence-corrected chi connectivity index (χ0v) is 12.5. The summed E-state index contributed by atoms with van der Waals surface area (Å²) in [6.45, 7) is 0. The van der Waals surface area contributed by atoms with E-state index < -0.39 is 0 Å². The van der Waals surface area contributed by atoms with Crippen molar-refractivity contribution in [3.63, 3.8) is 0 Å². The Morgan fingerprint density at radius 3 is 2.42 bits per heavy atom. The molecule has 0 spiro atoms. The van der Waals surface area contributed by atoms with Crippen LogP contribution in [0.1, 0.15) is 0 Å². The van der Waals surface area contributed by atoms with Gasteiger partial charge in [0, 0.05) is 11.8 Å². The summed E-state index contributed by atoms with van der Waals surface area (Å²) >= 11 is 3.47. The van der Waals surface area contributed by atoms with E-state index in [1.807, 2.05) is 6.07 Å². The molecule has 0 N–H and O–H groups in total. The predicted octanol–water partition coefficient (Wildman–Crippen LogP) is 4.45. The third-order valence-electron chi connectivity index (χ3n) is 3.03. The van der Waals surface area contributed by atoms with E-state index in [1.165, 1.54) is 15.5 Å². The normalized spacial score (nSPS) is 11.1. The molecule has 0 amide bonds. The lowest BCUT2D eigenvalue weighted by molar-refractivity contribution is 1.03. The van der Waals surface area contributed by atoms with Gasteiger partial charge in [0.25, 0.3) is 0 Å².